The van der Waals surface area contributed by atoms with Gasteiger partial charge >= 0.3 is 6.09 Å². The Morgan fingerprint density at radius 2 is 1.80 bits per heavy atom. The summed E-state index contributed by atoms with van der Waals surface area (Å²) in [5.41, 5.74) is 0.434. The summed E-state index contributed by atoms with van der Waals surface area (Å²) in [6, 6.07) is 2.17. The Balaban J connectivity index is 1.35. The van der Waals surface area contributed by atoms with Crippen molar-refractivity contribution in [1.29, 1.82) is 0 Å². The van der Waals surface area contributed by atoms with Gasteiger partial charge in [-0.2, -0.15) is 4.98 Å². The maximum absolute atomic E-state index is 13.3. The lowest BCUT2D eigenvalue weighted by atomic mass is 9.64. The van der Waals surface area contributed by atoms with Crippen molar-refractivity contribution >= 4 is 17.7 Å². The number of piperazine rings is 1. The van der Waals surface area contributed by atoms with Crippen molar-refractivity contribution in [3.63, 3.8) is 0 Å². The van der Waals surface area contributed by atoms with Crippen LogP contribution >= 0.6 is 0 Å². The van der Waals surface area contributed by atoms with Crippen molar-refractivity contribution in [2.24, 2.45) is 5.92 Å². The number of Topliss-reactive ketones (excluding diaryl/α,β-unsaturated/α-hetero) is 1. The molecule has 2 aliphatic carbocycles. The van der Waals surface area contributed by atoms with Gasteiger partial charge in [0, 0.05) is 43.7 Å². The van der Waals surface area contributed by atoms with Gasteiger partial charge in [-0.05, 0) is 92.2 Å². The monoisotopic (exact) mass is 636 g/mol. The zero-order valence-corrected chi connectivity index (χ0v) is 28.8. The number of ketones is 1. The zero-order valence-electron chi connectivity index (χ0n) is 28.8. The summed E-state index contributed by atoms with van der Waals surface area (Å²) in [5.74, 6) is 2.90. The van der Waals surface area contributed by atoms with Crippen LogP contribution in [0.25, 0.3) is 11.5 Å². The molecule has 4 heterocycles. The van der Waals surface area contributed by atoms with Crippen LogP contribution < -0.4 is 9.64 Å². The Morgan fingerprint density at radius 1 is 1.02 bits per heavy atom. The lowest BCUT2D eigenvalue weighted by Gasteiger charge is -2.44. The number of anilines is 1. The van der Waals surface area contributed by atoms with E-state index in [1.165, 1.54) is 0 Å². The minimum absolute atomic E-state index is 0.0607. The van der Waals surface area contributed by atoms with E-state index in [2.05, 4.69) is 42.8 Å². The molecule has 2 saturated heterocycles. The number of carbonyl (C=O) groups is 2. The number of hydrogen-bond donors (Lipinski definition) is 0. The van der Waals surface area contributed by atoms with Crippen LogP contribution in [-0.2, 0) is 21.4 Å². The fourth-order valence-corrected chi connectivity index (χ4v) is 8.04. The molecule has 2 aromatic heterocycles. The molecule has 6 rings (SSSR count). The second-order valence-electron chi connectivity index (χ2n) is 15.2. The van der Waals surface area contributed by atoms with Crippen molar-refractivity contribution in [1.82, 2.24) is 24.9 Å². The summed E-state index contributed by atoms with van der Waals surface area (Å²) in [5, 5.41) is 4.56. The Bertz CT molecular complexity index is 1430. The largest absolute Gasteiger partial charge is 0.473 e. The molecule has 0 N–H and O–H groups in total. The van der Waals surface area contributed by atoms with Crippen LogP contribution in [0.15, 0.2) is 10.6 Å². The number of rotatable bonds is 6. The van der Waals surface area contributed by atoms with Gasteiger partial charge in [0.2, 0.25) is 5.88 Å². The van der Waals surface area contributed by atoms with Crippen molar-refractivity contribution in [2.75, 3.05) is 38.1 Å². The highest BCUT2D eigenvalue weighted by atomic mass is 16.6. The molecular weight excluding hydrogens is 584 g/mol. The van der Waals surface area contributed by atoms with E-state index >= 15 is 0 Å². The summed E-state index contributed by atoms with van der Waals surface area (Å²) in [7, 11) is 2.15. The predicted octanol–water partition coefficient (Wildman–Crippen LogP) is 5.79. The predicted molar refractivity (Wildman–Crippen MR) is 175 cm³/mol. The lowest BCUT2D eigenvalue weighted by Crippen LogP contribution is -2.58. The number of ether oxygens (including phenoxy) is 2. The SMILES string of the molecule is CC(C)[C@@H]1CN(c2cc(O[C@@H](C)[C@@H]3CCCN3C)nc(-c3noc4c3CCC[C@@]43CCCCC3=O)n2)CCN1C(=O)OC(C)(C)C. The lowest BCUT2D eigenvalue weighted by molar-refractivity contribution is -0.128. The number of carbonyl (C=O) groups excluding carboxylic acids is 2. The third-order valence-electron chi connectivity index (χ3n) is 10.5. The average molecular weight is 637 g/mol. The first-order valence-electron chi connectivity index (χ1n) is 17.4. The summed E-state index contributed by atoms with van der Waals surface area (Å²) in [6.07, 6.45) is 7.75. The van der Waals surface area contributed by atoms with E-state index in [1.807, 2.05) is 31.7 Å². The Morgan fingerprint density at radius 3 is 2.50 bits per heavy atom. The Hall–Kier alpha value is -3.21. The molecule has 11 nitrogen and oxygen atoms in total. The van der Waals surface area contributed by atoms with Crippen LogP contribution in [0.3, 0.4) is 0 Å². The number of aromatic nitrogens is 3. The molecule has 0 bridgehead atoms. The molecule has 0 unspecified atom stereocenters. The molecule has 1 saturated carbocycles. The van der Waals surface area contributed by atoms with Crippen molar-refractivity contribution in [3.8, 4) is 17.4 Å². The van der Waals surface area contributed by atoms with Crippen molar-refractivity contribution in [3.05, 3.63) is 17.4 Å². The van der Waals surface area contributed by atoms with Crippen LogP contribution in [0.2, 0.25) is 0 Å². The maximum atomic E-state index is 13.3. The summed E-state index contributed by atoms with van der Waals surface area (Å²) in [6.45, 7) is 14.8. The van der Waals surface area contributed by atoms with E-state index in [-0.39, 0.29) is 29.9 Å². The Kier molecular flexibility index (Phi) is 9.08. The first-order valence-corrected chi connectivity index (χ1v) is 17.4. The molecule has 11 heteroatoms. The van der Waals surface area contributed by atoms with Gasteiger partial charge in [-0.25, -0.2) is 9.78 Å². The number of fused-ring (bicyclic) bond motifs is 2. The molecule has 2 aromatic rings. The molecule has 1 amide bonds. The number of hydrogen-bond acceptors (Lipinski definition) is 10. The molecule has 2 aliphatic heterocycles. The normalized spacial score (nSPS) is 26.5. The molecule has 0 radical (unpaired) electrons. The number of likely N-dealkylation sites (N-methyl/N-ethyl adjacent to an activating group) is 1. The quantitative estimate of drug-likeness (QED) is 0.386. The van der Waals surface area contributed by atoms with Gasteiger partial charge in [0.25, 0.3) is 0 Å². The smallest absolute Gasteiger partial charge is 0.410 e. The standard InChI is InChI=1S/C35H52N6O5/c1-22(2)26-21-40(18-19-41(26)33(43)45-34(4,5)6)28-20-29(44-23(3)25-13-11-17-39(25)7)37-32(36-28)30-24-12-10-16-35(31(24)46-38-30)15-9-8-14-27(35)42/h20,22-23,25-26H,8-19,21H2,1-7H3/t23-,25-,26-,35+/m0/s1. The number of nitrogens with zero attached hydrogens (tertiary/aromatic N) is 6. The van der Waals surface area contributed by atoms with Crippen LogP contribution in [0.1, 0.15) is 104 Å². The van der Waals surface area contributed by atoms with E-state index in [0.29, 0.717) is 49.5 Å². The van der Waals surface area contributed by atoms with E-state index in [0.717, 1.165) is 75.1 Å². The van der Waals surface area contributed by atoms with Crippen LogP contribution in [0.5, 0.6) is 5.88 Å². The summed E-state index contributed by atoms with van der Waals surface area (Å²) < 4.78 is 18.4. The topological polar surface area (TPSA) is 114 Å². The van der Waals surface area contributed by atoms with Gasteiger partial charge in [-0.3, -0.25) is 9.69 Å². The highest BCUT2D eigenvalue weighted by molar-refractivity contribution is 5.91. The minimum atomic E-state index is -0.571. The third-order valence-corrected chi connectivity index (χ3v) is 10.5. The molecule has 4 aliphatic rings. The maximum Gasteiger partial charge on any atom is 0.410 e. The molecule has 4 atom stereocenters. The van der Waals surface area contributed by atoms with Crippen LogP contribution in [-0.4, -0.2) is 93.8 Å². The molecule has 0 aromatic carbocycles. The van der Waals surface area contributed by atoms with Gasteiger partial charge < -0.3 is 23.8 Å². The molecule has 252 valence electrons. The first kappa shape index (κ1) is 32.7. The molecule has 1 spiro atoms. The van der Waals surface area contributed by atoms with Crippen LogP contribution in [0, 0.1) is 5.92 Å². The number of likely N-dealkylation sites (tertiary alicyclic amines) is 1. The highest BCUT2D eigenvalue weighted by Gasteiger charge is 2.48. The van der Waals surface area contributed by atoms with E-state index < -0.39 is 11.0 Å². The van der Waals surface area contributed by atoms with E-state index in [1.54, 1.807) is 0 Å². The average Bonchev–Trinajstić information content (AvgIpc) is 3.64. The van der Waals surface area contributed by atoms with Crippen molar-refractivity contribution in [2.45, 2.75) is 129 Å². The number of amides is 1. The first-order chi connectivity index (χ1) is 21.9. The van der Waals surface area contributed by atoms with Gasteiger partial charge in [0.1, 0.15) is 23.3 Å². The fourth-order valence-electron chi connectivity index (χ4n) is 8.04. The molecule has 3 fully saturated rings. The highest BCUT2D eigenvalue weighted by Crippen LogP contribution is 2.47. The Labute approximate surface area is 273 Å². The second kappa shape index (κ2) is 12.8. The summed E-state index contributed by atoms with van der Waals surface area (Å²) >= 11 is 0. The minimum Gasteiger partial charge on any atom is -0.473 e. The van der Waals surface area contributed by atoms with Gasteiger partial charge in [0.05, 0.1) is 11.5 Å². The molecule has 46 heavy (non-hydrogen) atoms. The third kappa shape index (κ3) is 6.36. The molecular formula is C35H52N6O5. The van der Waals surface area contributed by atoms with Gasteiger partial charge in [-0.15, -0.1) is 0 Å². The fraction of sp³-hybridized carbons (Fsp3) is 0.743. The second-order valence-corrected chi connectivity index (χ2v) is 15.2. The van der Waals surface area contributed by atoms with Crippen LogP contribution in [0.4, 0.5) is 10.6 Å². The zero-order chi connectivity index (χ0) is 32.8. The summed E-state index contributed by atoms with van der Waals surface area (Å²) in [4.78, 5) is 43.0. The van der Waals surface area contributed by atoms with Gasteiger partial charge in [-0.1, -0.05) is 25.4 Å². The van der Waals surface area contributed by atoms with E-state index in [4.69, 9.17) is 24.0 Å². The van der Waals surface area contributed by atoms with Crippen molar-refractivity contribution < 1.29 is 23.6 Å². The van der Waals surface area contributed by atoms with Gasteiger partial charge in [0.15, 0.2) is 17.3 Å². The van der Waals surface area contributed by atoms with E-state index in [9.17, 15) is 9.59 Å².